The van der Waals surface area contributed by atoms with Gasteiger partial charge in [0.05, 0.1) is 0 Å². The molecule has 0 bridgehead atoms. The van der Waals surface area contributed by atoms with Crippen LogP contribution in [-0.2, 0) is 0 Å². The summed E-state index contributed by atoms with van der Waals surface area (Å²) in [7, 11) is 0. The molecule has 0 fully saturated rings. The molecule has 0 aliphatic rings. The maximum atomic E-state index is 5.13. The minimum atomic E-state index is 0.0972. The Kier molecular flexibility index (Phi) is 6.15. The summed E-state index contributed by atoms with van der Waals surface area (Å²) in [6, 6.07) is 0. The zero-order chi connectivity index (χ0) is 3.41. The summed E-state index contributed by atoms with van der Waals surface area (Å²) in [5.41, 5.74) is 0. The molecule has 0 unspecified atom stereocenters. The van der Waals surface area contributed by atoms with Crippen molar-refractivity contribution in [2.45, 2.75) is 0 Å². The Labute approximate surface area is 50.2 Å². The predicted octanol–water partition coefficient (Wildman–Crippen LogP) is 0.532. The van der Waals surface area contributed by atoms with E-state index in [1.807, 2.05) is 0 Å². The lowest BCUT2D eigenvalue weighted by atomic mass is 10.8. The van der Waals surface area contributed by atoms with E-state index in [2.05, 4.69) is 22.4 Å². The van der Waals surface area contributed by atoms with Crippen LogP contribution in [0.25, 0.3) is 0 Å². The van der Waals surface area contributed by atoms with Gasteiger partial charge < -0.3 is 0 Å². The van der Waals surface area contributed by atoms with Crippen LogP contribution in [0.5, 0.6) is 0 Å². The van der Waals surface area contributed by atoms with Crippen LogP contribution in [-0.4, -0.2) is 2.99 Å². The number of hydrogen-bond donors (Lipinski definition) is 1. The fraction of sp³-hybridized carbons (Fsp3) is 0. The molecule has 0 amide bonds. The molecule has 0 aromatic heterocycles. The minimum absolute atomic E-state index is 0.0972. The van der Waals surface area contributed by atoms with Gasteiger partial charge in [0.2, 0.25) is 0 Å². The highest BCUT2D eigenvalue weighted by atomic mass is 127. The van der Waals surface area contributed by atoms with Crippen molar-refractivity contribution in [1.82, 2.24) is 0 Å². The van der Waals surface area contributed by atoms with Crippen LogP contribution in [0.4, 0.5) is 0 Å². The van der Waals surface area contributed by atoms with Crippen molar-refractivity contribution in [1.29, 1.82) is 0 Å². The number of rotatable bonds is 1. The third-order valence-electron chi connectivity index (χ3n) is 0.0583. The number of halogens is 2. The van der Waals surface area contributed by atoms with Gasteiger partial charge in [-0.2, -0.15) is 0 Å². The molecule has 0 heterocycles. The normalized spacial score (nSPS) is 6.50. The molecule has 4 heavy (non-hydrogen) atoms. The maximum Gasteiger partial charge on any atom is 0.280 e. The summed E-state index contributed by atoms with van der Waals surface area (Å²) in [5.74, 6) is 0. The van der Waals surface area contributed by atoms with Crippen molar-refractivity contribution in [3.05, 3.63) is 0 Å². The first-order valence-corrected chi connectivity index (χ1v) is 5.05. The van der Waals surface area contributed by atoms with Gasteiger partial charge in [-0.3, -0.25) is 3.95 Å². The summed E-state index contributed by atoms with van der Waals surface area (Å²) in [4.78, 5) is 0. The van der Waals surface area contributed by atoms with E-state index in [1.54, 1.807) is 0 Å². The summed E-state index contributed by atoms with van der Waals surface area (Å²) in [5, 5.41) is 0. The van der Waals surface area contributed by atoms with E-state index in [0.29, 0.717) is 0 Å². The molecular weight excluding hydrogens is 279 g/mol. The van der Waals surface area contributed by atoms with Crippen molar-refractivity contribution >= 4 is 46.6 Å². The Hall–Kier alpha value is 1.48. The van der Waals surface area contributed by atoms with Crippen molar-refractivity contribution in [2.75, 3.05) is 0 Å². The average Bonchev–Trinajstić information content (AvgIpc) is 1.37. The Morgan fingerprint density at radius 2 is 2.25 bits per heavy atom. The minimum Gasteiger partial charge on any atom is -0.291 e. The molecule has 25 valence electrons. The lowest BCUT2D eigenvalue weighted by molar-refractivity contribution is 2.18. The molecule has 1 radical (unpaired) electrons. The average molecular weight is 282 g/mol. The van der Waals surface area contributed by atoms with Gasteiger partial charge in [0.1, 0.15) is 0 Å². The van der Waals surface area contributed by atoms with Crippen LogP contribution in [0.1, 0.15) is 0 Å². The summed E-state index contributed by atoms with van der Waals surface area (Å²) >= 11 is 2.37. The van der Waals surface area contributed by atoms with Gasteiger partial charge in [0.25, 0.3) is 2.99 Å². The summed E-state index contributed by atoms with van der Waals surface area (Å²) in [6.45, 7) is 0. The second kappa shape index (κ2) is 4.48. The van der Waals surface area contributed by atoms with Gasteiger partial charge in [0.15, 0.2) is 0 Å². The molecule has 0 aromatic carbocycles. The first kappa shape index (κ1) is 5.48. The molecule has 0 spiro atoms. The fourth-order valence-corrected chi connectivity index (χ4v) is 0. The second-order valence-corrected chi connectivity index (χ2v) is 5.58. The molecule has 0 aliphatic carbocycles. The molecular formula is H3BI2N. The topological polar surface area (TPSA) is 26.0 Å². The van der Waals surface area contributed by atoms with Crippen LogP contribution >= 0.6 is 43.6 Å². The van der Waals surface area contributed by atoms with Gasteiger partial charge in [-0.05, 0) is 0 Å². The number of hydrogen-bond acceptors (Lipinski definition) is 1. The summed E-state index contributed by atoms with van der Waals surface area (Å²) in [6.07, 6.45) is 0. The molecule has 2 N–H and O–H groups in total. The lowest BCUT2D eigenvalue weighted by Gasteiger charge is -1.65. The van der Waals surface area contributed by atoms with E-state index < -0.39 is 0 Å². The zero-order valence-electron chi connectivity index (χ0n) is 2.04. The lowest BCUT2D eigenvalue weighted by Crippen LogP contribution is -1.69. The first-order chi connectivity index (χ1) is 1.91. The molecule has 0 aromatic rings. The predicted molar refractivity (Wildman–Crippen MR) is 39.4 cm³/mol. The highest BCUT2D eigenvalue weighted by Crippen LogP contribution is 1.95. The molecule has 0 saturated heterocycles. The van der Waals surface area contributed by atoms with Crippen molar-refractivity contribution < 1.29 is 0 Å². The Bertz CT molecular complexity index is 8.00. The van der Waals surface area contributed by atoms with Crippen LogP contribution in [0.3, 0.4) is 0 Å². The van der Waals surface area contributed by atoms with E-state index in [0.717, 1.165) is 0 Å². The molecule has 0 saturated carbocycles. The third-order valence-corrected chi connectivity index (χ3v) is 2.62. The van der Waals surface area contributed by atoms with Gasteiger partial charge in [0, 0.05) is 0 Å². The van der Waals surface area contributed by atoms with Gasteiger partial charge in [-0.1, -0.05) is 0 Å². The Morgan fingerprint density at radius 3 is 2.25 bits per heavy atom. The largest absolute Gasteiger partial charge is 0.291 e. The highest BCUT2D eigenvalue weighted by Gasteiger charge is 1.65. The van der Waals surface area contributed by atoms with Crippen molar-refractivity contribution in [3.63, 3.8) is 0 Å². The van der Waals surface area contributed by atoms with Crippen LogP contribution in [0.15, 0.2) is 0 Å². The van der Waals surface area contributed by atoms with E-state index in [9.17, 15) is 0 Å². The fourth-order valence-electron chi connectivity index (χ4n) is 0. The van der Waals surface area contributed by atoms with E-state index >= 15 is 0 Å². The van der Waals surface area contributed by atoms with Crippen molar-refractivity contribution in [3.8, 4) is 0 Å². The smallest absolute Gasteiger partial charge is 0.280 e. The summed E-state index contributed by atoms with van der Waals surface area (Å²) < 4.78 is 6.31. The number of nitrogens with two attached hydrogens (primary N) is 1. The monoisotopic (exact) mass is 282 g/mol. The first-order valence-electron chi connectivity index (χ1n) is 0.753. The Balaban J connectivity index is 1.97. The van der Waals surface area contributed by atoms with Crippen molar-refractivity contribution in [2.24, 2.45) is 3.95 Å². The highest BCUT2D eigenvalue weighted by molar-refractivity contribution is 14.3. The quantitative estimate of drug-likeness (QED) is 0.424. The second-order valence-electron chi connectivity index (χ2n) is 0.255. The van der Waals surface area contributed by atoms with Crippen LogP contribution < -0.4 is 3.95 Å². The molecule has 0 rings (SSSR count). The van der Waals surface area contributed by atoms with Gasteiger partial charge >= 0.3 is 0 Å². The van der Waals surface area contributed by atoms with E-state index in [-0.39, 0.29) is 21.3 Å². The molecule has 0 aliphatic heterocycles. The van der Waals surface area contributed by atoms with E-state index in [4.69, 9.17) is 3.95 Å². The zero-order valence-corrected chi connectivity index (χ0v) is 6.36. The van der Waals surface area contributed by atoms with E-state index in [1.165, 1.54) is 2.99 Å². The third kappa shape index (κ3) is 3.48. The maximum absolute atomic E-state index is 5.13. The molecule has 0 atom stereocenters. The molecule has 1 nitrogen and oxygen atoms in total. The van der Waals surface area contributed by atoms with Crippen LogP contribution in [0.2, 0.25) is 0 Å². The SMILES string of the molecule is N[I]BI. The standard InChI is InChI=1S/BH3I2N/c2-1-3-4/h1H,4H2. The van der Waals surface area contributed by atoms with Gasteiger partial charge in [-0.15, -0.1) is 43.6 Å². The molecule has 4 heteroatoms. The van der Waals surface area contributed by atoms with Gasteiger partial charge in [-0.25, -0.2) is 0 Å². The van der Waals surface area contributed by atoms with Crippen LogP contribution in [0, 0.1) is 0 Å². The Morgan fingerprint density at radius 1 is 2.00 bits per heavy atom.